The van der Waals surface area contributed by atoms with Crippen LogP contribution in [0.3, 0.4) is 0 Å². The van der Waals surface area contributed by atoms with Gasteiger partial charge in [-0.05, 0) is 106 Å². The van der Waals surface area contributed by atoms with E-state index in [1.165, 1.54) is 31.3 Å². The molecule has 8 unspecified atom stereocenters. The Kier molecular flexibility index (Phi) is 6.46. The van der Waals surface area contributed by atoms with Crippen molar-refractivity contribution in [1.29, 1.82) is 0 Å². The summed E-state index contributed by atoms with van der Waals surface area (Å²) >= 11 is 0. The number of carbonyl (C=O) groups is 3. The first-order valence-corrected chi connectivity index (χ1v) is 13.3. The minimum atomic E-state index is -0.662. The first-order chi connectivity index (χ1) is 15.4. The number of allylic oxidation sites excluding steroid dienone is 1. The summed E-state index contributed by atoms with van der Waals surface area (Å²) in [6.07, 6.45) is 11.9. The van der Waals surface area contributed by atoms with Crippen LogP contribution in [-0.4, -0.2) is 24.1 Å². The molecule has 0 heterocycles. The first kappa shape index (κ1) is 24.7. The lowest BCUT2D eigenvalue weighted by Gasteiger charge is -2.58. The van der Waals surface area contributed by atoms with Gasteiger partial charge in [-0.1, -0.05) is 26.3 Å². The molecule has 0 spiro atoms. The van der Waals surface area contributed by atoms with Gasteiger partial charge < -0.3 is 9.53 Å². The van der Waals surface area contributed by atoms with E-state index in [4.69, 9.17) is 4.74 Å². The van der Waals surface area contributed by atoms with E-state index in [1.807, 2.05) is 26.8 Å². The predicted octanol–water partition coefficient (Wildman–Crippen LogP) is 6.32. The van der Waals surface area contributed by atoms with Crippen LogP contribution in [0.1, 0.15) is 99.3 Å². The second kappa shape index (κ2) is 8.64. The third-order valence-corrected chi connectivity index (χ3v) is 11.1. The molecule has 4 aliphatic carbocycles. The summed E-state index contributed by atoms with van der Waals surface area (Å²) in [6.45, 7) is 12.8. The number of hydrogen-bond donors (Lipinski definition) is 0. The molecule has 3 fully saturated rings. The molecule has 4 rings (SSSR count). The molecule has 33 heavy (non-hydrogen) atoms. The maximum Gasteiger partial charge on any atom is 0.312 e. The Morgan fingerprint density at radius 3 is 2.55 bits per heavy atom. The van der Waals surface area contributed by atoms with E-state index in [0.29, 0.717) is 36.4 Å². The van der Waals surface area contributed by atoms with Crippen LogP contribution < -0.4 is 0 Å². The van der Waals surface area contributed by atoms with E-state index >= 15 is 0 Å². The summed E-state index contributed by atoms with van der Waals surface area (Å²) < 4.78 is 6.13. The summed E-state index contributed by atoms with van der Waals surface area (Å²) in [7, 11) is 0. The molecular weight excluding hydrogens is 412 g/mol. The van der Waals surface area contributed by atoms with Crippen LogP contribution in [0.4, 0.5) is 0 Å². The van der Waals surface area contributed by atoms with Crippen molar-refractivity contribution in [3.05, 3.63) is 11.6 Å². The van der Waals surface area contributed by atoms with Gasteiger partial charge in [-0.15, -0.1) is 0 Å². The Balaban J connectivity index is 1.49. The molecule has 184 valence electrons. The largest absolute Gasteiger partial charge is 0.462 e. The zero-order valence-electron chi connectivity index (χ0n) is 21.6. The highest BCUT2D eigenvalue weighted by Gasteiger charge is 2.60. The van der Waals surface area contributed by atoms with E-state index in [1.54, 1.807) is 0 Å². The number of ketones is 1. The van der Waals surface area contributed by atoms with Crippen LogP contribution in [0.5, 0.6) is 0 Å². The fourth-order valence-electron chi connectivity index (χ4n) is 8.41. The van der Waals surface area contributed by atoms with Crippen LogP contribution in [0.25, 0.3) is 0 Å². The van der Waals surface area contributed by atoms with Gasteiger partial charge in [0, 0.05) is 18.8 Å². The summed E-state index contributed by atoms with van der Waals surface area (Å²) in [5.74, 6) is 2.59. The van der Waals surface area contributed by atoms with Crippen molar-refractivity contribution in [1.82, 2.24) is 0 Å². The molecule has 0 aromatic heterocycles. The highest BCUT2D eigenvalue weighted by Crippen LogP contribution is 2.67. The first-order valence-electron chi connectivity index (χ1n) is 13.3. The van der Waals surface area contributed by atoms with E-state index in [0.717, 1.165) is 31.5 Å². The Labute approximate surface area is 200 Å². The minimum absolute atomic E-state index is 0.0374. The van der Waals surface area contributed by atoms with E-state index in [-0.39, 0.29) is 28.8 Å². The Hall–Kier alpha value is -1.45. The van der Waals surface area contributed by atoms with Gasteiger partial charge in [0.15, 0.2) is 5.78 Å². The minimum Gasteiger partial charge on any atom is -0.462 e. The van der Waals surface area contributed by atoms with Gasteiger partial charge in [0.25, 0.3) is 0 Å². The summed E-state index contributed by atoms with van der Waals surface area (Å²) in [6, 6.07) is 0. The SMILES string of the molecule is CC(OC(=O)C(C)(C)C(C)CC=O)C1CCC2C3CCC4=CC(=O)CCC4(C)C3CCC12C. The summed E-state index contributed by atoms with van der Waals surface area (Å²) in [5.41, 5.74) is 1.17. The van der Waals surface area contributed by atoms with Crippen molar-refractivity contribution >= 4 is 18.0 Å². The molecule has 8 atom stereocenters. The van der Waals surface area contributed by atoms with E-state index < -0.39 is 5.41 Å². The molecule has 0 aromatic rings. The molecular formula is C29H44O4. The van der Waals surface area contributed by atoms with Crippen LogP contribution in [0.2, 0.25) is 0 Å². The maximum absolute atomic E-state index is 13.1. The van der Waals surface area contributed by atoms with Crippen LogP contribution in [0, 0.1) is 45.8 Å². The number of aldehydes is 1. The van der Waals surface area contributed by atoms with Crippen molar-refractivity contribution in [2.24, 2.45) is 45.8 Å². The second-order valence-electron chi connectivity index (χ2n) is 12.8. The Bertz CT molecular complexity index is 841. The monoisotopic (exact) mass is 456 g/mol. The fraction of sp³-hybridized carbons (Fsp3) is 0.828. The van der Waals surface area contributed by atoms with Crippen LogP contribution >= 0.6 is 0 Å². The lowest BCUT2D eigenvalue weighted by molar-refractivity contribution is -0.168. The van der Waals surface area contributed by atoms with Gasteiger partial charge in [-0.2, -0.15) is 0 Å². The van der Waals surface area contributed by atoms with Gasteiger partial charge >= 0.3 is 5.97 Å². The molecule has 4 heteroatoms. The van der Waals surface area contributed by atoms with Crippen molar-refractivity contribution in [2.45, 2.75) is 105 Å². The Morgan fingerprint density at radius 2 is 1.85 bits per heavy atom. The number of rotatable bonds is 6. The molecule has 0 saturated heterocycles. The highest BCUT2D eigenvalue weighted by molar-refractivity contribution is 5.91. The highest BCUT2D eigenvalue weighted by atomic mass is 16.5. The van der Waals surface area contributed by atoms with E-state index in [2.05, 4.69) is 20.8 Å². The van der Waals surface area contributed by atoms with Gasteiger partial charge in [0.1, 0.15) is 12.4 Å². The number of fused-ring (bicyclic) bond motifs is 5. The molecule has 0 aliphatic heterocycles. The topological polar surface area (TPSA) is 60.4 Å². The molecule has 0 bridgehead atoms. The van der Waals surface area contributed by atoms with Crippen molar-refractivity contribution in [3.63, 3.8) is 0 Å². The van der Waals surface area contributed by atoms with Gasteiger partial charge in [0.2, 0.25) is 0 Å². The predicted molar refractivity (Wildman–Crippen MR) is 129 cm³/mol. The van der Waals surface area contributed by atoms with Gasteiger partial charge in [-0.3, -0.25) is 9.59 Å². The maximum atomic E-state index is 13.1. The Morgan fingerprint density at radius 1 is 1.12 bits per heavy atom. The molecule has 0 amide bonds. The third-order valence-electron chi connectivity index (χ3n) is 11.1. The number of carbonyl (C=O) groups excluding carboxylic acids is 3. The van der Waals surface area contributed by atoms with E-state index in [9.17, 15) is 14.4 Å². The summed E-state index contributed by atoms with van der Waals surface area (Å²) in [4.78, 5) is 36.2. The average molecular weight is 457 g/mol. The fourth-order valence-corrected chi connectivity index (χ4v) is 8.41. The van der Waals surface area contributed by atoms with Crippen LogP contribution in [-0.2, 0) is 19.1 Å². The average Bonchev–Trinajstić information content (AvgIpc) is 3.11. The number of esters is 1. The van der Waals surface area contributed by atoms with Gasteiger partial charge in [0.05, 0.1) is 5.41 Å². The summed E-state index contributed by atoms with van der Waals surface area (Å²) in [5, 5.41) is 0. The van der Waals surface area contributed by atoms with Crippen molar-refractivity contribution < 1.29 is 19.1 Å². The molecule has 0 aromatic carbocycles. The molecule has 4 nitrogen and oxygen atoms in total. The normalized spacial score (nSPS) is 40.1. The van der Waals surface area contributed by atoms with Crippen molar-refractivity contribution in [2.75, 3.05) is 0 Å². The van der Waals surface area contributed by atoms with Crippen LogP contribution in [0.15, 0.2) is 11.6 Å². The third kappa shape index (κ3) is 3.93. The lowest BCUT2D eigenvalue weighted by Crippen LogP contribution is -2.51. The van der Waals surface area contributed by atoms with Crippen molar-refractivity contribution in [3.8, 4) is 0 Å². The molecule has 0 N–H and O–H groups in total. The number of ether oxygens (including phenoxy) is 1. The zero-order valence-corrected chi connectivity index (χ0v) is 21.6. The lowest BCUT2D eigenvalue weighted by atomic mass is 9.46. The quantitative estimate of drug-likeness (QED) is 0.347. The molecule has 0 radical (unpaired) electrons. The standard InChI is InChI=1S/C29H44O4/c1-18(13-16-30)27(3,4)26(32)33-19(2)23-9-10-24-22-8-7-20-17-21(31)11-14-28(20,5)25(22)12-15-29(23,24)6/h16-19,22-25H,7-15H2,1-6H3. The van der Waals surface area contributed by atoms with Gasteiger partial charge in [-0.25, -0.2) is 0 Å². The second-order valence-corrected chi connectivity index (χ2v) is 12.8. The number of hydrogen-bond acceptors (Lipinski definition) is 4. The molecule has 4 aliphatic rings. The molecule has 3 saturated carbocycles. The smallest absolute Gasteiger partial charge is 0.312 e. The zero-order chi connectivity index (χ0) is 24.2.